The average Bonchev–Trinajstić information content (AvgIpc) is 2.76. The Balaban J connectivity index is 2.22. The molecule has 1 unspecified atom stereocenters. The minimum absolute atomic E-state index is 0.177. The average molecular weight is 272 g/mol. The van der Waals surface area contributed by atoms with E-state index in [0.29, 0.717) is 5.92 Å². The van der Waals surface area contributed by atoms with Crippen molar-refractivity contribution in [2.24, 2.45) is 5.73 Å². The minimum atomic E-state index is 0.177. The Hall–Kier alpha value is -0.350. The Kier molecular flexibility index (Phi) is 3.46. The monoisotopic (exact) mass is 271 g/mol. The molecule has 1 fully saturated rings. The van der Waals surface area contributed by atoms with Crippen LogP contribution in [0.3, 0.4) is 0 Å². The van der Waals surface area contributed by atoms with E-state index in [4.69, 9.17) is 5.73 Å². The van der Waals surface area contributed by atoms with E-state index in [9.17, 15) is 0 Å². The molecule has 1 atom stereocenters. The van der Waals surface area contributed by atoms with Crippen molar-refractivity contribution in [3.63, 3.8) is 0 Å². The second kappa shape index (κ2) is 4.66. The number of imidazole rings is 1. The molecule has 0 amide bonds. The largest absolute Gasteiger partial charge is 0.326 e. The van der Waals surface area contributed by atoms with Crippen LogP contribution in [0, 0.1) is 0 Å². The highest BCUT2D eigenvalue weighted by atomic mass is 79.9. The summed E-state index contributed by atoms with van der Waals surface area (Å²) in [4.78, 5) is 4.51. The highest BCUT2D eigenvalue weighted by molar-refractivity contribution is 9.10. The normalized spacial score (nSPS) is 19.7. The first-order valence-electron chi connectivity index (χ1n) is 5.65. The molecule has 84 valence electrons. The number of hydrogen-bond donors (Lipinski definition) is 1. The molecule has 2 N–H and O–H groups in total. The molecule has 1 aromatic rings. The summed E-state index contributed by atoms with van der Waals surface area (Å²) in [6, 6.07) is 0.177. The first kappa shape index (κ1) is 11.1. The van der Waals surface area contributed by atoms with Gasteiger partial charge >= 0.3 is 0 Å². The van der Waals surface area contributed by atoms with Crippen LogP contribution >= 0.6 is 15.9 Å². The molecule has 1 aromatic heterocycles. The fourth-order valence-corrected chi connectivity index (χ4v) is 2.78. The molecule has 0 spiro atoms. The van der Waals surface area contributed by atoms with Gasteiger partial charge in [0.2, 0.25) is 0 Å². The molecule has 4 heteroatoms. The molecule has 1 saturated carbocycles. The summed E-state index contributed by atoms with van der Waals surface area (Å²) < 4.78 is 3.28. The fourth-order valence-electron chi connectivity index (χ4n) is 2.35. The Morgan fingerprint density at radius 3 is 2.87 bits per heavy atom. The van der Waals surface area contributed by atoms with Crippen molar-refractivity contribution in [2.75, 3.05) is 0 Å². The van der Waals surface area contributed by atoms with Gasteiger partial charge in [-0.05, 0) is 35.7 Å². The van der Waals surface area contributed by atoms with Crippen LogP contribution < -0.4 is 5.73 Å². The zero-order valence-corrected chi connectivity index (χ0v) is 10.7. The van der Waals surface area contributed by atoms with Crippen LogP contribution in [-0.2, 0) is 6.54 Å². The Labute approximate surface area is 99.2 Å². The van der Waals surface area contributed by atoms with E-state index in [2.05, 4.69) is 25.5 Å². The lowest BCUT2D eigenvalue weighted by Crippen LogP contribution is -2.24. The van der Waals surface area contributed by atoms with Crippen molar-refractivity contribution >= 4 is 15.9 Å². The molecule has 0 aliphatic heterocycles. The zero-order chi connectivity index (χ0) is 10.8. The molecule has 2 rings (SSSR count). The summed E-state index contributed by atoms with van der Waals surface area (Å²) in [6.45, 7) is 2.89. The third-order valence-electron chi connectivity index (χ3n) is 3.03. The van der Waals surface area contributed by atoms with E-state index in [0.717, 1.165) is 11.1 Å². The van der Waals surface area contributed by atoms with E-state index in [-0.39, 0.29) is 6.04 Å². The van der Waals surface area contributed by atoms with Crippen molar-refractivity contribution in [1.29, 1.82) is 0 Å². The smallest absolute Gasteiger partial charge is 0.112 e. The topological polar surface area (TPSA) is 43.8 Å². The molecular weight excluding hydrogens is 254 g/mol. The molecule has 0 aromatic carbocycles. The van der Waals surface area contributed by atoms with E-state index in [1.165, 1.54) is 31.5 Å². The number of aromatic nitrogens is 2. The third kappa shape index (κ3) is 2.42. The molecule has 1 heterocycles. The van der Waals surface area contributed by atoms with Crippen LogP contribution in [0.5, 0.6) is 0 Å². The maximum Gasteiger partial charge on any atom is 0.112 e. The first-order valence-corrected chi connectivity index (χ1v) is 6.44. The van der Waals surface area contributed by atoms with Gasteiger partial charge in [-0.25, -0.2) is 4.98 Å². The summed E-state index contributed by atoms with van der Waals surface area (Å²) in [5.41, 5.74) is 5.85. The van der Waals surface area contributed by atoms with E-state index >= 15 is 0 Å². The van der Waals surface area contributed by atoms with Gasteiger partial charge in [-0.15, -0.1) is 0 Å². The first-order chi connectivity index (χ1) is 7.18. The lowest BCUT2D eigenvalue weighted by atomic mass is 10.1. The number of hydrogen-bond acceptors (Lipinski definition) is 2. The van der Waals surface area contributed by atoms with Gasteiger partial charge in [0.05, 0.1) is 6.20 Å². The van der Waals surface area contributed by atoms with Gasteiger partial charge in [0.25, 0.3) is 0 Å². The summed E-state index contributed by atoms with van der Waals surface area (Å²) >= 11 is 3.54. The van der Waals surface area contributed by atoms with Crippen molar-refractivity contribution in [2.45, 2.75) is 51.1 Å². The molecule has 1 aliphatic carbocycles. The van der Waals surface area contributed by atoms with Crippen LogP contribution in [0.25, 0.3) is 0 Å². The van der Waals surface area contributed by atoms with E-state index in [1.54, 1.807) is 0 Å². The van der Waals surface area contributed by atoms with E-state index in [1.807, 2.05) is 13.1 Å². The van der Waals surface area contributed by atoms with Crippen molar-refractivity contribution in [3.05, 3.63) is 16.6 Å². The van der Waals surface area contributed by atoms with Gasteiger partial charge < -0.3 is 10.3 Å². The molecule has 15 heavy (non-hydrogen) atoms. The molecular formula is C11H18BrN3. The quantitative estimate of drug-likeness (QED) is 0.919. The Morgan fingerprint density at radius 2 is 2.27 bits per heavy atom. The summed E-state index contributed by atoms with van der Waals surface area (Å²) in [6.07, 6.45) is 7.14. The predicted octanol–water partition coefficient (Wildman–Crippen LogP) is 2.65. The van der Waals surface area contributed by atoms with Gasteiger partial charge in [-0.2, -0.15) is 0 Å². The highest BCUT2D eigenvalue weighted by Gasteiger charge is 2.22. The highest BCUT2D eigenvalue weighted by Crippen LogP contribution is 2.34. The second-order valence-electron chi connectivity index (χ2n) is 4.51. The number of halogens is 1. The van der Waals surface area contributed by atoms with Gasteiger partial charge in [-0.1, -0.05) is 12.8 Å². The van der Waals surface area contributed by atoms with Crippen molar-refractivity contribution < 1.29 is 0 Å². The zero-order valence-electron chi connectivity index (χ0n) is 9.12. The molecule has 1 aliphatic rings. The third-order valence-corrected chi connectivity index (χ3v) is 3.66. The van der Waals surface area contributed by atoms with Crippen molar-refractivity contribution in [1.82, 2.24) is 9.55 Å². The fraction of sp³-hybridized carbons (Fsp3) is 0.727. The molecule has 0 bridgehead atoms. The summed E-state index contributed by atoms with van der Waals surface area (Å²) in [7, 11) is 0. The SMILES string of the molecule is CC(N)Cn1c(Br)cnc1C1CCCC1. The molecule has 0 radical (unpaired) electrons. The minimum Gasteiger partial charge on any atom is -0.326 e. The number of nitrogens with zero attached hydrogens (tertiary/aromatic N) is 2. The summed E-state index contributed by atoms with van der Waals surface area (Å²) in [5.74, 6) is 1.87. The Bertz CT molecular complexity index is 327. The van der Waals surface area contributed by atoms with Crippen LogP contribution in [0.4, 0.5) is 0 Å². The number of rotatable bonds is 3. The van der Waals surface area contributed by atoms with Crippen molar-refractivity contribution in [3.8, 4) is 0 Å². The second-order valence-corrected chi connectivity index (χ2v) is 5.32. The lowest BCUT2D eigenvalue weighted by molar-refractivity contribution is 0.527. The maximum absolute atomic E-state index is 5.85. The lowest BCUT2D eigenvalue weighted by Gasteiger charge is -2.15. The standard InChI is InChI=1S/C11H18BrN3/c1-8(13)7-15-10(12)6-14-11(15)9-4-2-3-5-9/h6,8-9H,2-5,7,13H2,1H3. The molecule has 0 saturated heterocycles. The van der Waals surface area contributed by atoms with Crippen LogP contribution in [0.15, 0.2) is 10.8 Å². The van der Waals surface area contributed by atoms with Gasteiger partial charge in [0.1, 0.15) is 10.4 Å². The van der Waals surface area contributed by atoms with Gasteiger partial charge in [-0.3, -0.25) is 0 Å². The Morgan fingerprint density at radius 1 is 1.60 bits per heavy atom. The van der Waals surface area contributed by atoms with E-state index < -0.39 is 0 Å². The number of nitrogens with two attached hydrogens (primary N) is 1. The predicted molar refractivity (Wildman–Crippen MR) is 64.8 cm³/mol. The molecule has 3 nitrogen and oxygen atoms in total. The van der Waals surface area contributed by atoms with Gasteiger partial charge in [0, 0.05) is 18.5 Å². The summed E-state index contributed by atoms with van der Waals surface area (Å²) in [5, 5.41) is 0. The maximum atomic E-state index is 5.85. The van der Waals surface area contributed by atoms with Gasteiger partial charge in [0.15, 0.2) is 0 Å². The van der Waals surface area contributed by atoms with Crippen LogP contribution in [0.2, 0.25) is 0 Å². The van der Waals surface area contributed by atoms with Crippen LogP contribution in [-0.4, -0.2) is 15.6 Å². The van der Waals surface area contributed by atoms with Crippen LogP contribution in [0.1, 0.15) is 44.3 Å².